The molecule has 0 bridgehead atoms. The molecule has 0 saturated carbocycles. The van der Waals surface area contributed by atoms with E-state index in [2.05, 4.69) is 10.3 Å². The van der Waals surface area contributed by atoms with Crippen LogP contribution in [0.1, 0.15) is 11.3 Å². The van der Waals surface area contributed by atoms with Crippen LogP contribution in [0.4, 0.5) is 10.8 Å². The highest BCUT2D eigenvalue weighted by Gasteiger charge is 2.24. The number of carbonyl (C=O) groups excluding carboxylic acids is 2. The number of oxazole rings is 1. The molecule has 7 nitrogen and oxygen atoms in total. The maximum Gasteiger partial charge on any atom is 0.297 e. The van der Waals surface area contributed by atoms with E-state index in [9.17, 15) is 9.59 Å². The van der Waals surface area contributed by atoms with E-state index in [1.165, 1.54) is 0 Å². The number of hydrogen-bond acceptors (Lipinski definition) is 7. The molecule has 25 heavy (non-hydrogen) atoms. The smallest absolute Gasteiger partial charge is 0.297 e. The van der Waals surface area contributed by atoms with Crippen LogP contribution >= 0.6 is 11.8 Å². The Balaban J connectivity index is 1.52. The van der Waals surface area contributed by atoms with Crippen molar-refractivity contribution >= 4 is 35.0 Å². The number of rotatable bonds is 6. The van der Waals surface area contributed by atoms with E-state index < -0.39 is 0 Å². The summed E-state index contributed by atoms with van der Waals surface area (Å²) in [5.74, 6) is 0.360. The van der Waals surface area contributed by atoms with Crippen molar-refractivity contribution in [1.82, 2.24) is 10.3 Å². The number of anilines is 1. The lowest BCUT2D eigenvalue weighted by molar-refractivity contribution is -0.115. The highest BCUT2D eigenvalue weighted by Crippen LogP contribution is 2.26. The van der Waals surface area contributed by atoms with E-state index in [-0.39, 0.29) is 11.1 Å². The number of aromatic nitrogens is 1. The molecule has 0 spiro atoms. The van der Waals surface area contributed by atoms with E-state index in [0.717, 1.165) is 28.8 Å². The molecule has 0 aliphatic carbocycles. The van der Waals surface area contributed by atoms with Gasteiger partial charge in [0.1, 0.15) is 18.6 Å². The molecule has 1 aromatic heterocycles. The zero-order valence-corrected chi connectivity index (χ0v) is 14.6. The largest absolute Gasteiger partial charge is 0.492 e. The minimum atomic E-state index is -0.361. The van der Waals surface area contributed by atoms with Crippen molar-refractivity contribution in [3.8, 4) is 5.75 Å². The number of nitrogens with one attached hydrogen (secondary N) is 1. The summed E-state index contributed by atoms with van der Waals surface area (Å²) in [6, 6.07) is 7.87. The summed E-state index contributed by atoms with van der Waals surface area (Å²) in [5, 5.41) is 1.88. The SMILES string of the molecule is Cc1coc(N(C)CCOc2ccc(C=C3SC(=O)NC3=O)cc2)n1. The standard InChI is InChI=1S/C17H17N3O4S/c1-11-10-24-16(18-11)20(2)7-8-23-13-5-3-12(4-6-13)9-14-15(21)19-17(22)25-14/h3-6,9-10H,7-8H2,1-2H3,(H,19,21,22). The van der Waals surface area contributed by atoms with Crippen molar-refractivity contribution in [2.24, 2.45) is 0 Å². The molecule has 1 aliphatic rings. The lowest BCUT2D eigenvalue weighted by Crippen LogP contribution is -2.24. The molecule has 1 aliphatic heterocycles. The highest BCUT2D eigenvalue weighted by atomic mass is 32.2. The number of aryl methyl sites for hydroxylation is 1. The van der Waals surface area contributed by atoms with Gasteiger partial charge in [-0.25, -0.2) is 0 Å². The van der Waals surface area contributed by atoms with Gasteiger partial charge in [0.25, 0.3) is 17.2 Å². The van der Waals surface area contributed by atoms with Crippen LogP contribution in [0, 0.1) is 6.92 Å². The summed E-state index contributed by atoms with van der Waals surface area (Å²) in [7, 11) is 1.88. The molecule has 1 aromatic carbocycles. The molecule has 0 atom stereocenters. The van der Waals surface area contributed by atoms with Crippen LogP contribution in [-0.2, 0) is 4.79 Å². The first-order valence-electron chi connectivity index (χ1n) is 7.62. The van der Waals surface area contributed by atoms with Crippen LogP contribution in [0.25, 0.3) is 6.08 Å². The molecule has 1 fully saturated rings. The fraction of sp³-hybridized carbons (Fsp3) is 0.235. The topological polar surface area (TPSA) is 84.7 Å². The lowest BCUT2D eigenvalue weighted by Gasteiger charge is -2.14. The van der Waals surface area contributed by atoms with Crippen molar-refractivity contribution in [2.75, 3.05) is 25.1 Å². The van der Waals surface area contributed by atoms with E-state index in [1.54, 1.807) is 12.3 Å². The Kier molecular flexibility index (Phi) is 5.08. The second-order valence-electron chi connectivity index (χ2n) is 5.46. The third kappa shape index (κ3) is 4.42. The predicted octanol–water partition coefficient (Wildman–Crippen LogP) is 2.82. The van der Waals surface area contributed by atoms with Gasteiger partial charge in [-0.15, -0.1) is 0 Å². The Morgan fingerprint density at radius 1 is 1.32 bits per heavy atom. The Hall–Kier alpha value is -2.74. The van der Waals surface area contributed by atoms with E-state index >= 15 is 0 Å². The van der Waals surface area contributed by atoms with E-state index in [0.29, 0.717) is 24.1 Å². The normalized spacial score (nSPS) is 15.5. The van der Waals surface area contributed by atoms with Gasteiger partial charge in [-0.3, -0.25) is 14.9 Å². The Bertz CT molecular complexity index is 814. The number of benzene rings is 1. The third-order valence-corrected chi connectivity index (χ3v) is 4.26. The first-order valence-corrected chi connectivity index (χ1v) is 8.44. The monoisotopic (exact) mass is 359 g/mol. The minimum Gasteiger partial charge on any atom is -0.492 e. The molecular weight excluding hydrogens is 342 g/mol. The van der Waals surface area contributed by atoms with Crippen molar-refractivity contribution in [1.29, 1.82) is 0 Å². The maximum atomic E-state index is 11.5. The minimum absolute atomic E-state index is 0.346. The quantitative estimate of drug-likeness (QED) is 0.794. The van der Waals surface area contributed by atoms with Gasteiger partial charge in [-0.1, -0.05) is 12.1 Å². The lowest BCUT2D eigenvalue weighted by atomic mass is 10.2. The number of ether oxygens (including phenoxy) is 1. The van der Waals surface area contributed by atoms with Crippen LogP contribution in [-0.4, -0.2) is 36.3 Å². The molecule has 0 unspecified atom stereocenters. The number of hydrogen-bond donors (Lipinski definition) is 1. The van der Waals surface area contributed by atoms with Crippen molar-refractivity contribution in [3.63, 3.8) is 0 Å². The molecule has 1 N–H and O–H groups in total. The van der Waals surface area contributed by atoms with Gasteiger partial charge in [-0.05, 0) is 42.5 Å². The van der Waals surface area contributed by atoms with Crippen LogP contribution in [0.5, 0.6) is 5.75 Å². The van der Waals surface area contributed by atoms with E-state index in [4.69, 9.17) is 9.15 Å². The van der Waals surface area contributed by atoms with Crippen LogP contribution in [0.15, 0.2) is 39.9 Å². The van der Waals surface area contributed by atoms with Gasteiger partial charge in [-0.2, -0.15) is 4.98 Å². The third-order valence-electron chi connectivity index (χ3n) is 3.45. The Labute approximate surface area is 149 Å². The Morgan fingerprint density at radius 2 is 2.08 bits per heavy atom. The highest BCUT2D eigenvalue weighted by molar-refractivity contribution is 8.18. The molecule has 2 amide bonds. The number of likely N-dealkylation sites (N-methyl/N-ethyl adjacent to an activating group) is 1. The Morgan fingerprint density at radius 3 is 2.68 bits per heavy atom. The van der Waals surface area contributed by atoms with Gasteiger partial charge < -0.3 is 14.1 Å². The molecule has 8 heteroatoms. The van der Waals surface area contributed by atoms with E-state index in [1.807, 2.05) is 43.1 Å². The van der Waals surface area contributed by atoms with Crippen molar-refractivity contribution in [3.05, 3.63) is 46.7 Å². The van der Waals surface area contributed by atoms with Gasteiger partial charge in [0.15, 0.2) is 0 Å². The summed E-state index contributed by atoms with van der Waals surface area (Å²) in [4.78, 5) is 29.2. The van der Waals surface area contributed by atoms with Gasteiger partial charge >= 0.3 is 0 Å². The average molecular weight is 359 g/mol. The number of nitrogens with zero attached hydrogens (tertiary/aromatic N) is 2. The fourth-order valence-corrected chi connectivity index (χ4v) is 2.83. The van der Waals surface area contributed by atoms with Gasteiger partial charge in [0.05, 0.1) is 17.1 Å². The van der Waals surface area contributed by atoms with Crippen LogP contribution < -0.4 is 15.0 Å². The molecule has 130 valence electrons. The van der Waals surface area contributed by atoms with Crippen molar-refractivity contribution in [2.45, 2.75) is 6.92 Å². The summed E-state index contributed by atoms with van der Waals surface area (Å²) >= 11 is 0.899. The zero-order chi connectivity index (χ0) is 17.8. The number of imide groups is 1. The zero-order valence-electron chi connectivity index (χ0n) is 13.8. The number of amides is 2. The van der Waals surface area contributed by atoms with Crippen molar-refractivity contribution < 1.29 is 18.7 Å². The summed E-state index contributed by atoms with van der Waals surface area (Å²) in [6.07, 6.45) is 3.28. The molecule has 3 rings (SSSR count). The summed E-state index contributed by atoms with van der Waals surface area (Å²) < 4.78 is 11.0. The molecule has 1 saturated heterocycles. The second-order valence-corrected chi connectivity index (χ2v) is 6.48. The van der Waals surface area contributed by atoms with Gasteiger partial charge in [0, 0.05) is 7.05 Å². The molecule has 2 aromatic rings. The van der Waals surface area contributed by atoms with Crippen LogP contribution in [0.3, 0.4) is 0 Å². The first kappa shape index (κ1) is 17.1. The summed E-state index contributed by atoms with van der Waals surface area (Å²) in [5.41, 5.74) is 1.66. The molecule has 0 radical (unpaired) electrons. The fourth-order valence-electron chi connectivity index (χ4n) is 2.15. The second kappa shape index (κ2) is 7.43. The predicted molar refractivity (Wildman–Crippen MR) is 95.6 cm³/mol. The van der Waals surface area contributed by atoms with Crippen LogP contribution in [0.2, 0.25) is 0 Å². The molecule has 2 heterocycles. The molecular formula is C17H17N3O4S. The first-order chi connectivity index (χ1) is 12.0. The number of carbonyl (C=O) groups is 2. The average Bonchev–Trinajstić information content (AvgIpc) is 3.14. The maximum absolute atomic E-state index is 11.5. The number of thioether (sulfide) groups is 1. The summed E-state index contributed by atoms with van der Waals surface area (Å²) in [6.45, 7) is 2.98. The van der Waals surface area contributed by atoms with Gasteiger partial charge in [0.2, 0.25) is 0 Å².